The van der Waals surface area contributed by atoms with Crippen LogP contribution in [0.2, 0.25) is 0 Å². The molecule has 1 amide bonds. The van der Waals surface area contributed by atoms with Crippen LogP contribution >= 0.6 is 0 Å². The van der Waals surface area contributed by atoms with Gasteiger partial charge in [0.2, 0.25) is 5.91 Å². The SMILES string of the molecule is CCC(=O)Nc1ccc([NH])cc1. The largest absolute Gasteiger partial charge is 0.326 e. The summed E-state index contributed by atoms with van der Waals surface area (Å²) in [5.74, 6) is -0.00673. The van der Waals surface area contributed by atoms with Crippen LogP contribution in [0.1, 0.15) is 13.3 Å². The Morgan fingerprint density at radius 3 is 2.50 bits per heavy atom. The normalized spacial score (nSPS) is 9.42. The van der Waals surface area contributed by atoms with Gasteiger partial charge >= 0.3 is 0 Å². The molecule has 0 aliphatic rings. The summed E-state index contributed by atoms with van der Waals surface area (Å²) >= 11 is 0. The van der Waals surface area contributed by atoms with Crippen molar-refractivity contribution in [1.82, 2.24) is 5.73 Å². The predicted octanol–water partition coefficient (Wildman–Crippen LogP) is 1.95. The first kappa shape index (κ1) is 8.59. The molecule has 3 nitrogen and oxygen atoms in total. The van der Waals surface area contributed by atoms with E-state index in [9.17, 15) is 4.79 Å². The molecule has 1 rings (SSSR count). The number of hydrogen-bond acceptors (Lipinski definition) is 1. The van der Waals surface area contributed by atoms with Crippen LogP contribution in [-0.4, -0.2) is 5.91 Å². The van der Waals surface area contributed by atoms with Gasteiger partial charge in [0.05, 0.1) is 5.69 Å². The molecule has 0 spiro atoms. The number of anilines is 1. The van der Waals surface area contributed by atoms with Crippen LogP contribution in [0, 0.1) is 0 Å². The Morgan fingerprint density at radius 2 is 2.00 bits per heavy atom. The molecule has 2 N–H and O–H groups in total. The van der Waals surface area contributed by atoms with Gasteiger partial charge in [-0.1, -0.05) is 6.92 Å². The summed E-state index contributed by atoms with van der Waals surface area (Å²) in [4.78, 5) is 10.9. The second-order valence-electron chi connectivity index (χ2n) is 2.48. The Labute approximate surface area is 71.6 Å². The van der Waals surface area contributed by atoms with Gasteiger partial charge in [-0.15, -0.1) is 0 Å². The first-order chi connectivity index (χ1) is 5.72. The Kier molecular flexibility index (Phi) is 2.69. The molecule has 1 aromatic rings. The van der Waals surface area contributed by atoms with E-state index >= 15 is 0 Å². The van der Waals surface area contributed by atoms with Crippen LogP contribution in [0.15, 0.2) is 24.3 Å². The quantitative estimate of drug-likeness (QED) is 0.711. The maximum atomic E-state index is 10.9. The molecule has 12 heavy (non-hydrogen) atoms. The van der Waals surface area contributed by atoms with Gasteiger partial charge < -0.3 is 11.1 Å². The summed E-state index contributed by atoms with van der Waals surface area (Å²) < 4.78 is 0. The molecule has 0 aliphatic heterocycles. The first-order valence-electron chi connectivity index (χ1n) is 3.84. The number of carbonyl (C=O) groups is 1. The van der Waals surface area contributed by atoms with E-state index < -0.39 is 0 Å². The minimum atomic E-state index is -0.00673. The van der Waals surface area contributed by atoms with E-state index in [1.165, 1.54) is 0 Å². The zero-order valence-corrected chi connectivity index (χ0v) is 6.92. The molecule has 1 radical (unpaired) electrons. The average molecular weight is 163 g/mol. The molecule has 0 aromatic heterocycles. The molecule has 3 heteroatoms. The highest BCUT2D eigenvalue weighted by molar-refractivity contribution is 5.90. The minimum absolute atomic E-state index is 0.00673. The van der Waals surface area contributed by atoms with Gasteiger partial charge in [-0.25, -0.2) is 0 Å². The Hall–Kier alpha value is -1.51. The zero-order chi connectivity index (χ0) is 8.97. The van der Waals surface area contributed by atoms with Gasteiger partial charge in [0.15, 0.2) is 0 Å². The van der Waals surface area contributed by atoms with Crippen molar-refractivity contribution in [3.8, 4) is 0 Å². The topological polar surface area (TPSA) is 52.9 Å². The summed E-state index contributed by atoms with van der Waals surface area (Å²) in [6.45, 7) is 1.80. The fourth-order valence-electron chi connectivity index (χ4n) is 0.803. The fourth-order valence-corrected chi connectivity index (χ4v) is 0.803. The van der Waals surface area contributed by atoms with E-state index in [0.29, 0.717) is 12.1 Å². The number of nitrogens with one attached hydrogen (secondary N) is 2. The van der Waals surface area contributed by atoms with Gasteiger partial charge in [-0.2, -0.15) is 0 Å². The van der Waals surface area contributed by atoms with E-state index in [-0.39, 0.29) is 5.91 Å². The van der Waals surface area contributed by atoms with Crippen molar-refractivity contribution in [2.24, 2.45) is 0 Å². The van der Waals surface area contributed by atoms with Gasteiger partial charge in [0.1, 0.15) is 0 Å². The molecule has 0 fully saturated rings. The molecular formula is C9H11N2O. The molecule has 0 heterocycles. The third-order valence-corrected chi connectivity index (χ3v) is 1.49. The molecule has 0 saturated heterocycles. The Bertz CT molecular complexity index is 266. The molecule has 0 bridgehead atoms. The fraction of sp³-hybridized carbons (Fsp3) is 0.222. The highest BCUT2D eigenvalue weighted by Gasteiger charge is 1.96. The molecular weight excluding hydrogens is 152 g/mol. The predicted molar refractivity (Wildman–Crippen MR) is 48.1 cm³/mol. The smallest absolute Gasteiger partial charge is 0.224 e. The molecule has 1 aromatic carbocycles. The van der Waals surface area contributed by atoms with Crippen molar-refractivity contribution >= 4 is 17.3 Å². The Balaban J connectivity index is 2.64. The van der Waals surface area contributed by atoms with Crippen molar-refractivity contribution in [3.63, 3.8) is 0 Å². The Morgan fingerprint density at radius 1 is 1.42 bits per heavy atom. The van der Waals surface area contributed by atoms with Crippen molar-refractivity contribution in [2.45, 2.75) is 13.3 Å². The molecule has 0 saturated carbocycles. The van der Waals surface area contributed by atoms with E-state index in [2.05, 4.69) is 5.32 Å². The maximum Gasteiger partial charge on any atom is 0.224 e. The van der Waals surface area contributed by atoms with Crippen molar-refractivity contribution in [1.29, 1.82) is 0 Å². The maximum absolute atomic E-state index is 10.9. The van der Waals surface area contributed by atoms with Crippen LogP contribution < -0.4 is 11.1 Å². The average Bonchev–Trinajstić information content (AvgIpc) is 2.09. The summed E-state index contributed by atoms with van der Waals surface area (Å²) in [6, 6.07) is 6.72. The van der Waals surface area contributed by atoms with Crippen LogP contribution in [-0.2, 0) is 4.79 Å². The third kappa shape index (κ3) is 2.27. The van der Waals surface area contributed by atoms with Gasteiger partial charge in [-0.3, -0.25) is 4.79 Å². The number of amides is 1. The first-order valence-corrected chi connectivity index (χ1v) is 3.84. The number of rotatable bonds is 2. The summed E-state index contributed by atoms with van der Waals surface area (Å²) in [7, 11) is 0. The van der Waals surface area contributed by atoms with E-state index in [0.717, 1.165) is 5.69 Å². The van der Waals surface area contributed by atoms with Crippen molar-refractivity contribution < 1.29 is 4.79 Å². The van der Waals surface area contributed by atoms with Gasteiger partial charge in [0.25, 0.3) is 0 Å². The van der Waals surface area contributed by atoms with Gasteiger partial charge in [-0.05, 0) is 24.3 Å². The lowest BCUT2D eigenvalue weighted by atomic mass is 10.3. The molecule has 0 atom stereocenters. The zero-order valence-electron chi connectivity index (χ0n) is 6.92. The van der Waals surface area contributed by atoms with E-state index in [1.807, 2.05) is 0 Å². The van der Waals surface area contributed by atoms with E-state index in [4.69, 9.17) is 5.73 Å². The van der Waals surface area contributed by atoms with Gasteiger partial charge in [0, 0.05) is 12.1 Å². The van der Waals surface area contributed by atoms with Crippen molar-refractivity contribution in [2.75, 3.05) is 5.32 Å². The van der Waals surface area contributed by atoms with Crippen LogP contribution in [0.25, 0.3) is 0 Å². The minimum Gasteiger partial charge on any atom is -0.326 e. The highest BCUT2D eigenvalue weighted by Crippen LogP contribution is 2.11. The van der Waals surface area contributed by atoms with Crippen molar-refractivity contribution in [3.05, 3.63) is 24.3 Å². The van der Waals surface area contributed by atoms with E-state index in [1.54, 1.807) is 31.2 Å². The number of hydrogen-bond donors (Lipinski definition) is 1. The lowest BCUT2D eigenvalue weighted by Gasteiger charge is -2.02. The monoisotopic (exact) mass is 163 g/mol. The molecule has 0 unspecified atom stereocenters. The molecule has 63 valence electrons. The lowest BCUT2D eigenvalue weighted by molar-refractivity contribution is -0.115. The highest BCUT2D eigenvalue weighted by atomic mass is 16.1. The summed E-state index contributed by atoms with van der Waals surface area (Å²) in [5.41, 5.74) is 8.40. The second-order valence-corrected chi connectivity index (χ2v) is 2.48. The summed E-state index contributed by atoms with van der Waals surface area (Å²) in [5, 5.41) is 2.70. The van der Waals surface area contributed by atoms with Crippen LogP contribution in [0.4, 0.5) is 11.4 Å². The lowest BCUT2D eigenvalue weighted by Crippen LogP contribution is -2.08. The second kappa shape index (κ2) is 3.76. The molecule has 0 aliphatic carbocycles. The standard InChI is InChI=1S/C9H11N2O/c1-2-9(12)11-8-5-3-7(10)4-6-8/h3-6,10H,2H2,1H3,(H,11,12). The van der Waals surface area contributed by atoms with Crippen LogP contribution in [0.5, 0.6) is 0 Å². The number of benzene rings is 1. The summed E-state index contributed by atoms with van der Waals surface area (Å²) in [6.07, 6.45) is 0.475. The third-order valence-electron chi connectivity index (χ3n) is 1.49. The number of carbonyl (C=O) groups excluding carboxylic acids is 1. The van der Waals surface area contributed by atoms with Crippen LogP contribution in [0.3, 0.4) is 0 Å².